The summed E-state index contributed by atoms with van der Waals surface area (Å²) in [6, 6.07) is 0.277. The molecular formula is C13H14Cl2N4O5. The predicted molar refractivity (Wildman–Crippen MR) is 87.9 cm³/mol. The van der Waals surface area contributed by atoms with Crippen molar-refractivity contribution < 1.29 is 23.9 Å². The standard InChI is InChI=1S/C13H14Cl2N4O5/c1-5(20)23-7-4-8(24-6(2)21)10(15)11(9(7)14)19(12(16)17)13(22)18-3/h4H,1-3H3,(H3,16,17)(H,18,22). The zero-order valence-electron chi connectivity index (χ0n) is 12.9. The molecule has 24 heavy (non-hydrogen) atoms. The van der Waals surface area contributed by atoms with Gasteiger partial charge in [-0.05, 0) is 0 Å². The number of ether oxygens (including phenoxy) is 2. The number of rotatable bonds is 3. The van der Waals surface area contributed by atoms with Crippen molar-refractivity contribution in [2.24, 2.45) is 5.73 Å². The molecule has 0 fully saturated rings. The summed E-state index contributed by atoms with van der Waals surface area (Å²) in [6.45, 7) is 2.25. The molecule has 0 heterocycles. The van der Waals surface area contributed by atoms with Crippen LogP contribution in [0.5, 0.6) is 11.5 Å². The van der Waals surface area contributed by atoms with E-state index in [1.807, 2.05) is 0 Å². The molecule has 0 spiro atoms. The Morgan fingerprint density at radius 2 is 1.54 bits per heavy atom. The van der Waals surface area contributed by atoms with Crippen molar-refractivity contribution in [2.75, 3.05) is 11.9 Å². The van der Waals surface area contributed by atoms with Crippen molar-refractivity contribution in [3.05, 3.63) is 16.1 Å². The minimum absolute atomic E-state index is 0.227. The fourth-order valence-electron chi connectivity index (χ4n) is 1.67. The lowest BCUT2D eigenvalue weighted by atomic mass is 10.2. The Bertz CT molecular complexity index is 683. The van der Waals surface area contributed by atoms with Gasteiger partial charge in [-0.25, -0.2) is 9.69 Å². The Morgan fingerprint density at radius 1 is 1.12 bits per heavy atom. The Morgan fingerprint density at radius 3 is 1.83 bits per heavy atom. The molecular weight excluding hydrogens is 363 g/mol. The van der Waals surface area contributed by atoms with Crippen LogP contribution < -0.4 is 25.4 Å². The second-order valence-corrected chi connectivity index (χ2v) is 5.07. The van der Waals surface area contributed by atoms with Crippen LogP contribution in [0.3, 0.4) is 0 Å². The summed E-state index contributed by atoms with van der Waals surface area (Å²) < 4.78 is 9.83. The van der Waals surface area contributed by atoms with Crippen molar-refractivity contribution in [2.45, 2.75) is 13.8 Å². The maximum atomic E-state index is 12.0. The van der Waals surface area contributed by atoms with Crippen molar-refractivity contribution >= 4 is 52.8 Å². The lowest BCUT2D eigenvalue weighted by Gasteiger charge is -2.24. The van der Waals surface area contributed by atoms with E-state index >= 15 is 0 Å². The largest absolute Gasteiger partial charge is 0.425 e. The van der Waals surface area contributed by atoms with Gasteiger partial charge >= 0.3 is 18.0 Å². The number of carbonyl (C=O) groups excluding carboxylic acids is 3. The van der Waals surface area contributed by atoms with E-state index in [1.54, 1.807) is 0 Å². The maximum absolute atomic E-state index is 12.0. The van der Waals surface area contributed by atoms with Gasteiger partial charge in [0, 0.05) is 27.0 Å². The van der Waals surface area contributed by atoms with Crippen molar-refractivity contribution in [1.29, 1.82) is 5.41 Å². The van der Waals surface area contributed by atoms with Gasteiger partial charge < -0.3 is 20.5 Å². The first-order chi connectivity index (χ1) is 11.1. The van der Waals surface area contributed by atoms with Crippen LogP contribution in [0.25, 0.3) is 0 Å². The molecule has 11 heteroatoms. The van der Waals surface area contributed by atoms with Crippen LogP contribution in [0, 0.1) is 5.41 Å². The second kappa shape index (κ2) is 7.84. The maximum Gasteiger partial charge on any atom is 0.328 e. The zero-order chi connectivity index (χ0) is 18.6. The van der Waals surface area contributed by atoms with Gasteiger partial charge in [0.05, 0.1) is 5.69 Å². The Labute approximate surface area is 147 Å². The summed E-state index contributed by atoms with van der Waals surface area (Å²) in [6.07, 6.45) is 0. The van der Waals surface area contributed by atoms with Gasteiger partial charge in [0.15, 0.2) is 11.5 Å². The molecule has 0 atom stereocenters. The number of hydrogen-bond donors (Lipinski definition) is 3. The topological polar surface area (TPSA) is 135 Å². The minimum atomic E-state index is -0.833. The molecule has 0 saturated carbocycles. The Hall–Kier alpha value is -2.52. The van der Waals surface area contributed by atoms with E-state index in [4.69, 9.17) is 43.8 Å². The number of halogens is 2. The SMILES string of the molecule is CNC(=O)N(C(=N)N)c1c(Cl)c(OC(C)=O)cc(OC(C)=O)c1Cl. The molecule has 0 aliphatic rings. The molecule has 4 N–H and O–H groups in total. The smallest absolute Gasteiger partial charge is 0.328 e. The Balaban J connectivity index is 3.71. The van der Waals surface area contributed by atoms with Crippen LogP contribution in [-0.4, -0.2) is 31.0 Å². The number of esters is 2. The number of nitrogens with one attached hydrogen (secondary N) is 2. The quantitative estimate of drug-likeness (QED) is 0.319. The molecule has 1 aromatic carbocycles. The summed E-state index contributed by atoms with van der Waals surface area (Å²) in [5.74, 6) is -2.60. The summed E-state index contributed by atoms with van der Waals surface area (Å²) in [7, 11) is 1.29. The molecule has 0 saturated heterocycles. The lowest BCUT2D eigenvalue weighted by Crippen LogP contribution is -2.46. The van der Waals surface area contributed by atoms with Crippen molar-refractivity contribution in [1.82, 2.24) is 5.32 Å². The zero-order valence-corrected chi connectivity index (χ0v) is 14.4. The number of guanidine groups is 1. The highest BCUT2D eigenvalue weighted by Gasteiger charge is 2.29. The van der Waals surface area contributed by atoms with Gasteiger partial charge in [-0.1, -0.05) is 23.2 Å². The number of carbonyl (C=O) groups is 3. The number of benzene rings is 1. The van der Waals surface area contributed by atoms with Gasteiger partial charge in [0.1, 0.15) is 10.0 Å². The van der Waals surface area contributed by atoms with E-state index in [-0.39, 0.29) is 27.2 Å². The first-order valence-electron chi connectivity index (χ1n) is 6.34. The second-order valence-electron chi connectivity index (χ2n) is 4.31. The van der Waals surface area contributed by atoms with E-state index in [9.17, 15) is 14.4 Å². The van der Waals surface area contributed by atoms with Gasteiger partial charge in [0.2, 0.25) is 5.96 Å². The average molecular weight is 377 g/mol. The van der Waals surface area contributed by atoms with Crippen molar-refractivity contribution in [3.63, 3.8) is 0 Å². The van der Waals surface area contributed by atoms with E-state index in [1.165, 1.54) is 7.05 Å². The lowest BCUT2D eigenvalue weighted by molar-refractivity contribution is -0.132. The van der Waals surface area contributed by atoms with E-state index in [0.717, 1.165) is 19.9 Å². The fraction of sp³-hybridized carbons (Fsp3) is 0.231. The highest BCUT2D eigenvalue weighted by Crippen LogP contribution is 2.46. The fourth-order valence-corrected chi connectivity index (χ4v) is 2.27. The highest BCUT2D eigenvalue weighted by atomic mass is 35.5. The van der Waals surface area contributed by atoms with Crippen LogP contribution in [0.1, 0.15) is 13.8 Å². The molecule has 1 rings (SSSR count). The van der Waals surface area contributed by atoms with E-state index in [2.05, 4.69) is 5.32 Å². The molecule has 0 aliphatic carbocycles. The molecule has 0 radical (unpaired) electrons. The predicted octanol–water partition coefficient (Wildman–Crippen LogP) is 1.88. The average Bonchev–Trinajstić information content (AvgIpc) is 2.46. The van der Waals surface area contributed by atoms with Crippen LogP contribution in [-0.2, 0) is 9.59 Å². The van der Waals surface area contributed by atoms with Gasteiger partial charge in [0.25, 0.3) is 0 Å². The summed E-state index contributed by atoms with van der Waals surface area (Å²) in [5.41, 5.74) is 5.12. The molecule has 0 aliphatic heterocycles. The highest BCUT2D eigenvalue weighted by molar-refractivity contribution is 6.43. The van der Waals surface area contributed by atoms with Gasteiger partial charge in [-0.3, -0.25) is 15.0 Å². The van der Waals surface area contributed by atoms with Crippen LogP contribution >= 0.6 is 23.2 Å². The summed E-state index contributed by atoms with van der Waals surface area (Å²) in [4.78, 5) is 35.0. The van der Waals surface area contributed by atoms with E-state index < -0.39 is 23.9 Å². The molecule has 0 aromatic heterocycles. The molecule has 9 nitrogen and oxygen atoms in total. The number of hydrogen-bond acceptors (Lipinski definition) is 6. The van der Waals surface area contributed by atoms with Gasteiger partial charge in [-0.2, -0.15) is 0 Å². The molecule has 0 unspecified atom stereocenters. The first-order valence-corrected chi connectivity index (χ1v) is 7.10. The molecule has 0 bridgehead atoms. The molecule has 130 valence electrons. The van der Waals surface area contributed by atoms with Gasteiger partial charge in [-0.15, -0.1) is 0 Å². The number of nitrogens with zero attached hydrogens (tertiary/aromatic N) is 1. The first kappa shape index (κ1) is 19.5. The number of nitrogens with two attached hydrogens (primary N) is 1. The normalized spacial score (nSPS) is 9.88. The van der Waals surface area contributed by atoms with Crippen LogP contribution in [0.4, 0.5) is 10.5 Å². The van der Waals surface area contributed by atoms with Crippen molar-refractivity contribution in [3.8, 4) is 11.5 Å². The van der Waals surface area contributed by atoms with Crippen LogP contribution in [0.2, 0.25) is 10.0 Å². The minimum Gasteiger partial charge on any atom is -0.425 e. The van der Waals surface area contributed by atoms with E-state index in [0.29, 0.717) is 4.90 Å². The third kappa shape index (κ3) is 4.27. The summed E-state index contributed by atoms with van der Waals surface area (Å²) >= 11 is 12.3. The Kier molecular flexibility index (Phi) is 6.38. The number of urea groups is 1. The molecule has 1 aromatic rings. The van der Waals surface area contributed by atoms with Crippen LogP contribution in [0.15, 0.2) is 6.07 Å². The number of anilines is 1. The summed E-state index contributed by atoms with van der Waals surface area (Å²) in [5, 5.41) is 9.26. The third-order valence-corrected chi connectivity index (χ3v) is 3.23. The monoisotopic (exact) mass is 376 g/mol. The molecule has 2 amide bonds. The number of amides is 2. The third-order valence-electron chi connectivity index (χ3n) is 2.50.